The van der Waals surface area contributed by atoms with E-state index in [4.69, 9.17) is 0 Å². The van der Waals surface area contributed by atoms with E-state index in [2.05, 4.69) is 11.1 Å². The lowest BCUT2D eigenvalue weighted by Crippen LogP contribution is -2.11. The Morgan fingerprint density at radius 2 is 1.86 bits per heavy atom. The molecule has 2 nitrogen and oxygen atoms in total. The maximum Gasteiger partial charge on any atom is 0.191 e. The number of rotatable bonds is 1. The summed E-state index contributed by atoms with van der Waals surface area (Å²) in [5.41, 5.74) is 3.86. The zero-order valence-electron chi connectivity index (χ0n) is 11.3. The number of aromatic amines is 1. The molecule has 0 aliphatic carbocycles. The average Bonchev–Trinajstić information content (AvgIpc) is 2.94. The normalized spacial score (nSPS) is 16.4. The van der Waals surface area contributed by atoms with Crippen LogP contribution in [0.15, 0.2) is 65.2 Å². The molecule has 0 bridgehead atoms. The van der Waals surface area contributed by atoms with Gasteiger partial charge in [-0.25, -0.2) is 0 Å². The van der Waals surface area contributed by atoms with Gasteiger partial charge in [-0.15, -0.1) is 11.8 Å². The molecule has 0 saturated carbocycles. The lowest BCUT2D eigenvalue weighted by molar-refractivity contribution is 0.103. The Morgan fingerprint density at radius 3 is 2.81 bits per heavy atom. The highest BCUT2D eigenvalue weighted by Gasteiger charge is 2.22. The second-order valence-corrected chi connectivity index (χ2v) is 6.09. The van der Waals surface area contributed by atoms with Crippen LogP contribution in [0.1, 0.15) is 15.9 Å². The van der Waals surface area contributed by atoms with Gasteiger partial charge in [0.1, 0.15) is 0 Å². The monoisotopic (exact) mass is 291 g/mol. The van der Waals surface area contributed by atoms with E-state index in [0.29, 0.717) is 0 Å². The van der Waals surface area contributed by atoms with Crippen LogP contribution in [0.5, 0.6) is 0 Å². The van der Waals surface area contributed by atoms with E-state index < -0.39 is 0 Å². The Hall–Kier alpha value is -2.26. The van der Waals surface area contributed by atoms with Crippen molar-refractivity contribution in [1.82, 2.24) is 4.98 Å². The van der Waals surface area contributed by atoms with Crippen LogP contribution < -0.4 is 0 Å². The van der Waals surface area contributed by atoms with Crippen molar-refractivity contribution in [3.8, 4) is 0 Å². The summed E-state index contributed by atoms with van der Waals surface area (Å²) in [7, 11) is 0. The minimum absolute atomic E-state index is 0.148. The summed E-state index contributed by atoms with van der Waals surface area (Å²) in [5, 5.41) is 1.15. The molecule has 4 rings (SSSR count). The van der Waals surface area contributed by atoms with E-state index >= 15 is 0 Å². The molecule has 102 valence electrons. The van der Waals surface area contributed by atoms with E-state index in [1.165, 1.54) is 0 Å². The molecular weight excluding hydrogens is 278 g/mol. The summed E-state index contributed by atoms with van der Waals surface area (Å²) in [6, 6.07) is 16.0. The second-order valence-electron chi connectivity index (χ2n) is 5.07. The molecule has 1 aliphatic heterocycles. The number of fused-ring (bicyclic) bond motifs is 2. The third-order valence-electron chi connectivity index (χ3n) is 3.76. The molecule has 21 heavy (non-hydrogen) atoms. The topological polar surface area (TPSA) is 32.9 Å². The maximum absolute atomic E-state index is 12.6. The predicted molar refractivity (Wildman–Crippen MR) is 87.8 cm³/mol. The van der Waals surface area contributed by atoms with Crippen LogP contribution >= 0.6 is 11.8 Å². The third kappa shape index (κ3) is 2.10. The predicted octanol–water partition coefficient (Wildman–Crippen LogP) is 4.54. The molecule has 2 heterocycles. The van der Waals surface area contributed by atoms with Crippen molar-refractivity contribution in [1.29, 1.82) is 0 Å². The van der Waals surface area contributed by atoms with Gasteiger partial charge in [-0.05, 0) is 24.3 Å². The van der Waals surface area contributed by atoms with Crippen molar-refractivity contribution in [3.05, 3.63) is 71.4 Å². The zero-order chi connectivity index (χ0) is 14.2. The summed E-state index contributed by atoms with van der Waals surface area (Å²) < 4.78 is 0. The van der Waals surface area contributed by atoms with Crippen LogP contribution in [0, 0.1) is 0 Å². The Labute approximate surface area is 126 Å². The van der Waals surface area contributed by atoms with Crippen molar-refractivity contribution in [2.75, 3.05) is 5.75 Å². The molecule has 0 atom stereocenters. The number of Topliss-reactive ketones (excluding diaryl/α,β-unsaturated/α-hetero) is 1. The number of thioether (sulfide) groups is 1. The van der Waals surface area contributed by atoms with Crippen molar-refractivity contribution in [2.24, 2.45) is 0 Å². The molecule has 0 fully saturated rings. The molecule has 3 aromatic rings. The number of hydrogen-bond acceptors (Lipinski definition) is 2. The van der Waals surface area contributed by atoms with Crippen molar-refractivity contribution < 1.29 is 4.79 Å². The van der Waals surface area contributed by atoms with Gasteiger partial charge in [-0.2, -0.15) is 0 Å². The van der Waals surface area contributed by atoms with Crippen LogP contribution in [0.4, 0.5) is 0 Å². The highest BCUT2D eigenvalue weighted by atomic mass is 32.2. The van der Waals surface area contributed by atoms with Crippen molar-refractivity contribution in [2.45, 2.75) is 4.90 Å². The average molecular weight is 291 g/mol. The number of benzene rings is 2. The first kappa shape index (κ1) is 12.5. The summed E-state index contributed by atoms with van der Waals surface area (Å²) in [6.45, 7) is 0. The van der Waals surface area contributed by atoms with Gasteiger partial charge in [0, 0.05) is 44.4 Å². The van der Waals surface area contributed by atoms with Crippen LogP contribution in [-0.4, -0.2) is 16.5 Å². The van der Waals surface area contributed by atoms with Gasteiger partial charge in [-0.1, -0.05) is 30.3 Å². The van der Waals surface area contributed by atoms with E-state index in [0.717, 1.165) is 38.3 Å². The molecule has 1 aromatic heterocycles. The molecule has 1 N–H and O–H groups in total. The Kier molecular flexibility index (Phi) is 2.93. The molecule has 2 aromatic carbocycles. The first-order valence-electron chi connectivity index (χ1n) is 6.86. The third-order valence-corrected chi connectivity index (χ3v) is 4.88. The number of ketones is 1. The molecule has 0 unspecified atom stereocenters. The van der Waals surface area contributed by atoms with Gasteiger partial charge in [0.15, 0.2) is 5.78 Å². The van der Waals surface area contributed by atoms with Gasteiger partial charge >= 0.3 is 0 Å². The van der Waals surface area contributed by atoms with Crippen molar-refractivity contribution in [3.63, 3.8) is 0 Å². The molecule has 0 amide bonds. The van der Waals surface area contributed by atoms with E-state index in [9.17, 15) is 4.79 Å². The Balaban J connectivity index is 1.79. The lowest BCUT2D eigenvalue weighted by atomic mass is 10.0. The standard InChI is InChI=1S/C18H13NOS/c20-18-13(11-21-17-8-4-2-6-15(17)18)9-12-10-19-16-7-3-1-5-14(12)16/h1-10,19H,11H2. The van der Waals surface area contributed by atoms with Gasteiger partial charge in [0.05, 0.1) is 0 Å². The quantitative estimate of drug-likeness (QED) is 0.668. The van der Waals surface area contributed by atoms with Gasteiger partial charge in [0.2, 0.25) is 0 Å². The van der Waals surface area contributed by atoms with E-state index in [1.54, 1.807) is 11.8 Å². The summed E-state index contributed by atoms with van der Waals surface area (Å²) in [6.07, 6.45) is 3.99. The molecule has 0 saturated heterocycles. The fourth-order valence-electron chi connectivity index (χ4n) is 2.68. The van der Waals surface area contributed by atoms with E-state index in [1.807, 2.05) is 54.7 Å². The van der Waals surface area contributed by atoms with Crippen LogP contribution in [0.25, 0.3) is 17.0 Å². The minimum Gasteiger partial charge on any atom is -0.361 e. The SMILES string of the molecule is O=C1C(=Cc2c[nH]c3ccccc23)CSc2ccccc21. The Morgan fingerprint density at radius 1 is 1.05 bits per heavy atom. The largest absolute Gasteiger partial charge is 0.361 e. The van der Waals surface area contributed by atoms with Gasteiger partial charge < -0.3 is 4.98 Å². The number of H-pyrrole nitrogens is 1. The van der Waals surface area contributed by atoms with Crippen LogP contribution in [0.2, 0.25) is 0 Å². The molecule has 1 aliphatic rings. The summed E-state index contributed by atoms with van der Waals surface area (Å²) in [4.78, 5) is 16.9. The smallest absolute Gasteiger partial charge is 0.191 e. The highest BCUT2D eigenvalue weighted by Crippen LogP contribution is 2.33. The number of hydrogen-bond donors (Lipinski definition) is 1. The first-order valence-corrected chi connectivity index (χ1v) is 7.85. The van der Waals surface area contributed by atoms with Crippen molar-refractivity contribution >= 4 is 34.5 Å². The van der Waals surface area contributed by atoms with Crippen LogP contribution in [0.3, 0.4) is 0 Å². The Bertz CT molecular complexity index is 876. The van der Waals surface area contributed by atoms with E-state index in [-0.39, 0.29) is 5.78 Å². The number of carbonyl (C=O) groups is 1. The number of aromatic nitrogens is 1. The minimum atomic E-state index is 0.148. The summed E-state index contributed by atoms with van der Waals surface area (Å²) in [5.74, 6) is 0.879. The molecule has 3 heteroatoms. The fraction of sp³-hybridized carbons (Fsp3) is 0.0556. The zero-order valence-corrected chi connectivity index (χ0v) is 12.1. The summed E-state index contributed by atoms with van der Waals surface area (Å²) >= 11 is 1.73. The second kappa shape index (κ2) is 4.93. The fourth-order valence-corrected chi connectivity index (χ4v) is 3.70. The number of carbonyl (C=O) groups excluding carboxylic acids is 1. The first-order chi connectivity index (χ1) is 10.3. The molecule has 0 radical (unpaired) electrons. The number of nitrogens with one attached hydrogen (secondary N) is 1. The molecular formula is C18H13NOS. The highest BCUT2D eigenvalue weighted by molar-refractivity contribution is 7.99. The van der Waals surface area contributed by atoms with Crippen LogP contribution in [-0.2, 0) is 0 Å². The van der Waals surface area contributed by atoms with Gasteiger partial charge in [-0.3, -0.25) is 4.79 Å². The lowest BCUT2D eigenvalue weighted by Gasteiger charge is -2.16. The number of para-hydroxylation sites is 1. The molecule has 0 spiro atoms. The maximum atomic E-state index is 12.6. The van der Waals surface area contributed by atoms with Gasteiger partial charge in [0.25, 0.3) is 0 Å².